The average Bonchev–Trinajstić information content (AvgIpc) is 2.52. The van der Waals surface area contributed by atoms with Crippen molar-refractivity contribution in [2.75, 3.05) is 18.1 Å². The summed E-state index contributed by atoms with van der Waals surface area (Å²) >= 11 is 0. The lowest BCUT2D eigenvalue weighted by Gasteiger charge is -2.29. The van der Waals surface area contributed by atoms with Crippen molar-refractivity contribution >= 4 is 9.84 Å². The van der Waals surface area contributed by atoms with Gasteiger partial charge in [0.1, 0.15) is 0 Å². The van der Waals surface area contributed by atoms with Gasteiger partial charge in [-0.3, -0.25) is 0 Å². The van der Waals surface area contributed by atoms with Crippen molar-refractivity contribution in [3.63, 3.8) is 0 Å². The van der Waals surface area contributed by atoms with E-state index in [9.17, 15) is 8.42 Å². The third-order valence-corrected chi connectivity index (χ3v) is 5.52. The molecule has 4 atom stereocenters. The van der Waals surface area contributed by atoms with Crippen molar-refractivity contribution in [1.29, 1.82) is 0 Å². The van der Waals surface area contributed by atoms with Crippen LogP contribution in [0.5, 0.6) is 0 Å². The second-order valence-corrected chi connectivity index (χ2v) is 7.02. The minimum atomic E-state index is -2.86. The summed E-state index contributed by atoms with van der Waals surface area (Å²) in [5.74, 6) is 1.40. The molecule has 0 aromatic rings. The van der Waals surface area contributed by atoms with E-state index < -0.39 is 9.84 Å². The number of hydrogen-bond donors (Lipinski definition) is 0. The summed E-state index contributed by atoms with van der Waals surface area (Å²) in [6.45, 7) is 0.757. The standard InChI is InChI=1S/C10H16O4S/c11-15(12)5-3-7-8-2-1-4-13-10(8)14-9(7)6-15/h7-10H,1-6H2. The summed E-state index contributed by atoms with van der Waals surface area (Å²) in [6.07, 6.45) is 2.75. The van der Waals surface area contributed by atoms with Crippen LogP contribution in [0.2, 0.25) is 0 Å². The molecule has 3 aliphatic heterocycles. The molecule has 3 aliphatic rings. The van der Waals surface area contributed by atoms with Crippen molar-refractivity contribution in [3.8, 4) is 0 Å². The molecule has 3 rings (SSSR count). The van der Waals surface area contributed by atoms with Crippen LogP contribution in [0.1, 0.15) is 19.3 Å². The molecule has 0 aliphatic carbocycles. The van der Waals surface area contributed by atoms with E-state index in [-0.39, 0.29) is 18.1 Å². The zero-order valence-corrected chi connectivity index (χ0v) is 9.41. The maximum absolute atomic E-state index is 11.5. The van der Waals surface area contributed by atoms with Gasteiger partial charge in [0.15, 0.2) is 16.1 Å². The van der Waals surface area contributed by atoms with Crippen molar-refractivity contribution in [3.05, 3.63) is 0 Å². The summed E-state index contributed by atoms with van der Waals surface area (Å²) in [5.41, 5.74) is 0. The molecule has 3 saturated heterocycles. The lowest BCUT2D eigenvalue weighted by molar-refractivity contribution is -0.163. The highest BCUT2D eigenvalue weighted by atomic mass is 32.2. The van der Waals surface area contributed by atoms with Crippen LogP contribution in [0.15, 0.2) is 0 Å². The molecule has 3 fully saturated rings. The van der Waals surface area contributed by atoms with Gasteiger partial charge in [-0.1, -0.05) is 0 Å². The molecule has 0 aromatic heterocycles. The van der Waals surface area contributed by atoms with Crippen molar-refractivity contribution in [2.45, 2.75) is 31.7 Å². The Balaban J connectivity index is 1.80. The fourth-order valence-electron chi connectivity index (χ4n) is 3.10. The Morgan fingerprint density at radius 1 is 1.13 bits per heavy atom. The highest BCUT2D eigenvalue weighted by Crippen LogP contribution is 2.43. The topological polar surface area (TPSA) is 52.6 Å². The van der Waals surface area contributed by atoms with Crippen LogP contribution >= 0.6 is 0 Å². The van der Waals surface area contributed by atoms with Crippen molar-refractivity contribution < 1.29 is 17.9 Å². The van der Waals surface area contributed by atoms with Gasteiger partial charge >= 0.3 is 0 Å². The van der Waals surface area contributed by atoms with Crippen molar-refractivity contribution in [1.82, 2.24) is 0 Å². The third-order valence-electron chi connectivity index (χ3n) is 3.83. The minimum Gasteiger partial charge on any atom is -0.352 e. The number of rotatable bonds is 0. The summed E-state index contributed by atoms with van der Waals surface area (Å²) in [7, 11) is -2.86. The molecule has 0 radical (unpaired) electrons. The molecule has 0 bridgehead atoms. The first kappa shape index (κ1) is 10.1. The Hall–Kier alpha value is -0.130. The fourth-order valence-corrected chi connectivity index (χ4v) is 4.72. The van der Waals surface area contributed by atoms with Gasteiger partial charge < -0.3 is 9.47 Å². The lowest BCUT2D eigenvalue weighted by Crippen LogP contribution is -2.36. The Bertz CT molecular complexity index is 350. The first-order valence-electron chi connectivity index (χ1n) is 5.63. The Labute approximate surface area is 89.9 Å². The van der Waals surface area contributed by atoms with Crippen LogP contribution in [0.3, 0.4) is 0 Å². The average molecular weight is 232 g/mol. The molecule has 0 amide bonds. The molecular weight excluding hydrogens is 216 g/mol. The molecule has 3 heterocycles. The maximum atomic E-state index is 11.5. The molecule has 15 heavy (non-hydrogen) atoms. The van der Waals surface area contributed by atoms with E-state index in [4.69, 9.17) is 9.47 Å². The van der Waals surface area contributed by atoms with Crippen molar-refractivity contribution in [2.24, 2.45) is 11.8 Å². The maximum Gasteiger partial charge on any atom is 0.161 e. The van der Waals surface area contributed by atoms with Crippen LogP contribution in [0, 0.1) is 11.8 Å². The van der Waals surface area contributed by atoms with Crippen LogP contribution in [-0.2, 0) is 19.3 Å². The van der Waals surface area contributed by atoms with Crippen LogP contribution in [0.4, 0.5) is 0 Å². The van der Waals surface area contributed by atoms with E-state index in [1.54, 1.807) is 0 Å². The van der Waals surface area contributed by atoms with E-state index >= 15 is 0 Å². The Morgan fingerprint density at radius 2 is 2.00 bits per heavy atom. The van der Waals surface area contributed by atoms with E-state index in [2.05, 4.69) is 0 Å². The van der Waals surface area contributed by atoms with E-state index in [1.807, 2.05) is 0 Å². The summed E-state index contributed by atoms with van der Waals surface area (Å²) in [4.78, 5) is 0. The Morgan fingerprint density at radius 3 is 2.87 bits per heavy atom. The second kappa shape index (κ2) is 3.43. The van der Waals surface area contributed by atoms with Gasteiger partial charge in [-0.2, -0.15) is 0 Å². The molecule has 86 valence electrons. The number of hydrogen-bond acceptors (Lipinski definition) is 4. The number of sulfone groups is 1. The van der Waals surface area contributed by atoms with Gasteiger partial charge in [0.25, 0.3) is 0 Å². The highest BCUT2D eigenvalue weighted by Gasteiger charge is 2.49. The zero-order valence-electron chi connectivity index (χ0n) is 8.59. The smallest absolute Gasteiger partial charge is 0.161 e. The van der Waals surface area contributed by atoms with Gasteiger partial charge in [0, 0.05) is 12.5 Å². The molecule has 0 saturated carbocycles. The fraction of sp³-hybridized carbons (Fsp3) is 1.00. The van der Waals surface area contributed by atoms with Crippen LogP contribution in [0.25, 0.3) is 0 Å². The van der Waals surface area contributed by atoms with Crippen LogP contribution < -0.4 is 0 Å². The predicted molar refractivity (Wildman–Crippen MR) is 54.1 cm³/mol. The quantitative estimate of drug-likeness (QED) is 0.613. The zero-order chi connectivity index (χ0) is 10.5. The van der Waals surface area contributed by atoms with Gasteiger partial charge in [-0.25, -0.2) is 8.42 Å². The normalized spacial score (nSPS) is 48.3. The molecular formula is C10H16O4S. The number of ether oxygens (including phenoxy) is 2. The molecule has 5 heteroatoms. The van der Waals surface area contributed by atoms with Crippen LogP contribution in [-0.4, -0.2) is 38.9 Å². The Kier molecular flexibility index (Phi) is 2.30. The van der Waals surface area contributed by atoms with E-state index in [0.29, 0.717) is 17.6 Å². The molecule has 4 unspecified atom stereocenters. The SMILES string of the molecule is O=S1(=O)CCC2C(C1)OC1OCCCC12. The number of fused-ring (bicyclic) bond motifs is 3. The van der Waals surface area contributed by atoms with Gasteiger partial charge in [-0.05, 0) is 25.2 Å². The van der Waals surface area contributed by atoms with Gasteiger partial charge in [-0.15, -0.1) is 0 Å². The molecule has 4 nitrogen and oxygen atoms in total. The summed E-state index contributed by atoms with van der Waals surface area (Å²) in [6, 6.07) is 0. The first-order chi connectivity index (χ1) is 7.16. The third kappa shape index (κ3) is 1.70. The molecule has 0 spiro atoms. The summed E-state index contributed by atoms with van der Waals surface area (Å²) in [5, 5.41) is 0. The monoisotopic (exact) mass is 232 g/mol. The van der Waals surface area contributed by atoms with Gasteiger partial charge in [0.05, 0.1) is 17.6 Å². The first-order valence-corrected chi connectivity index (χ1v) is 7.45. The molecule has 0 N–H and O–H groups in total. The predicted octanol–water partition coefficient (Wildman–Crippen LogP) is 0.573. The lowest BCUT2D eigenvalue weighted by atomic mass is 9.84. The van der Waals surface area contributed by atoms with Gasteiger partial charge in [0.2, 0.25) is 0 Å². The second-order valence-electron chi connectivity index (χ2n) is 4.79. The molecule has 0 aromatic carbocycles. The highest BCUT2D eigenvalue weighted by molar-refractivity contribution is 7.91. The largest absolute Gasteiger partial charge is 0.352 e. The van der Waals surface area contributed by atoms with E-state index in [1.165, 1.54) is 0 Å². The minimum absolute atomic E-state index is 0.100. The summed E-state index contributed by atoms with van der Waals surface area (Å²) < 4.78 is 34.2. The van der Waals surface area contributed by atoms with E-state index in [0.717, 1.165) is 25.9 Å².